The van der Waals surface area contributed by atoms with Crippen LogP contribution < -0.4 is 0 Å². The molecule has 0 bridgehead atoms. The van der Waals surface area contributed by atoms with Crippen LogP contribution in [-0.4, -0.2) is 27.8 Å². The summed E-state index contributed by atoms with van der Waals surface area (Å²) >= 11 is 2.49. The molecule has 5 aliphatic rings. The predicted octanol–water partition coefficient (Wildman–Crippen LogP) is 6.39. The zero-order valence-electron chi connectivity index (χ0n) is 23.4. The van der Waals surface area contributed by atoms with Crippen LogP contribution in [0.1, 0.15) is 91.4 Å². The van der Waals surface area contributed by atoms with Crippen LogP contribution in [0, 0.1) is 19.8 Å². The Morgan fingerprint density at radius 2 is 1.50 bits per heavy atom. The summed E-state index contributed by atoms with van der Waals surface area (Å²) in [6.07, 6.45) is 1.08. The van der Waals surface area contributed by atoms with Crippen molar-refractivity contribution in [2.24, 2.45) is 5.92 Å². The van der Waals surface area contributed by atoms with Gasteiger partial charge in [-0.1, -0.05) is 60.7 Å². The number of hydrogen-bond acceptors (Lipinski definition) is 6. The van der Waals surface area contributed by atoms with E-state index in [4.69, 9.17) is 9.47 Å². The summed E-state index contributed by atoms with van der Waals surface area (Å²) in [6.45, 7) is 8.60. The van der Waals surface area contributed by atoms with Gasteiger partial charge in [-0.05, 0) is 105 Å². The third-order valence-corrected chi connectivity index (χ3v) is 12.2. The molecule has 2 unspecified atom stereocenters. The minimum atomic E-state index is -0.913. The fourth-order valence-corrected chi connectivity index (χ4v) is 9.39. The maximum absolute atomic E-state index is 13.3. The second kappa shape index (κ2) is 7.48. The Morgan fingerprint density at radius 3 is 2.24 bits per heavy atom. The fraction of sp³-hybridized carbons (Fsp3) is 0.314. The Labute approximate surface area is 254 Å². The zero-order valence-corrected chi connectivity index (χ0v) is 25.6. The Hall–Kier alpha value is -3.59. The molecule has 0 N–H and O–H groups in total. The Morgan fingerprint density at radius 1 is 0.786 bits per heavy atom. The molecule has 4 aromatic rings. The average molecular weight is 668 g/mol. The first-order chi connectivity index (χ1) is 20.0. The molecule has 208 valence electrons. The zero-order chi connectivity index (χ0) is 29.2. The van der Waals surface area contributed by atoms with E-state index >= 15 is 0 Å². The summed E-state index contributed by atoms with van der Waals surface area (Å²) in [5, 5.41) is 3.83. The lowest BCUT2D eigenvalue weighted by atomic mass is 9.70. The lowest BCUT2D eigenvalue weighted by Gasteiger charge is -2.35. The highest BCUT2D eigenvalue weighted by Crippen LogP contribution is 2.76. The van der Waals surface area contributed by atoms with Gasteiger partial charge in [0.1, 0.15) is 10.8 Å². The molecule has 1 saturated carbocycles. The molecule has 6 nitrogen and oxygen atoms in total. The third kappa shape index (κ3) is 2.49. The molecule has 42 heavy (non-hydrogen) atoms. The van der Waals surface area contributed by atoms with Crippen LogP contribution in [-0.2, 0) is 36.3 Å². The van der Waals surface area contributed by atoms with Crippen molar-refractivity contribution in [1.29, 1.82) is 0 Å². The molecule has 7 heteroatoms. The number of cyclic esters (lactones) is 4. The molecular weight excluding hydrogens is 643 g/mol. The Bertz CT molecular complexity index is 2110. The molecule has 4 aromatic carbocycles. The largest absolute Gasteiger partial charge is 0.392 e. The van der Waals surface area contributed by atoms with Crippen LogP contribution in [0.5, 0.6) is 0 Å². The van der Waals surface area contributed by atoms with Crippen molar-refractivity contribution in [2.45, 2.75) is 61.2 Å². The van der Waals surface area contributed by atoms with Crippen LogP contribution in [0.25, 0.3) is 21.5 Å². The number of aryl methyl sites for hydroxylation is 2. The van der Waals surface area contributed by atoms with Gasteiger partial charge in [0, 0.05) is 15.2 Å². The highest BCUT2D eigenvalue weighted by Gasteiger charge is 2.87. The first-order valence-corrected chi connectivity index (χ1v) is 15.6. The van der Waals surface area contributed by atoms with Crippen molar-refractivity contribution >= 4 is 68.0 Å². The number of ether oxygens (including phenoxy) is 2. The topological polar surface area (TPSA) is 86.7 Å². The van der Waals surface area contributed by atoms with Crippen LogP contribution in [0.4, 0.5) is 0 Å². The summed E-state index contributed by atoms with van der Waals surface area (Å²) in [5.74, 6) is -1.94. The third-order valence-electron chi connectivity index (χ3n) is 11.1. The minimum absolute atomic E-state index is 0.0647. The van der Waals surface area contributed by atoms with Gasteiger partial charge in [0.05, 0.1) is 11.1 Å². The van der Waals surface area contributed by atoms with Crippen molar-refractivity contribution in [3.05, 3.63) is 92.0 Å². The minimum Gasteiger partial charge on any atom is -0.392 e. The summed E-state index contributed by atoms with van der Waals surface area (Å²) in [5.41, 5.74) is 7.42. The summed E-state index contributed by atoms with van der Waals surface area (Å²) in [4.78, 5) is 52.4. The highest BCUT2D eigenvalue weighted by atomic mass is 127. The van der Waals surface area contributed by atoms with E-state index in [0.29, 0.717) is 33.3 Å². The van der Waals surface area contributed by atoms with Gasteiger partial charge in [-0.2, -0.15) is 0 Å². The van der Waals surface area contributed by atoms with E-state index in [9.17, 15) is 19.2 Å². The molecule has 2 heterocycles. The fourth-order valence-electron chi connectivity index (χ4n) is 8.98. The number of benzene rings is 4. The summed E-state index contributed by atoms with van der Waals surface area (Å²) < 4.78 is 10.7. The first kappa shape index (κ1) is 25.0. The van der Waals surface area contributed by atoms with Gasteiger partial charge in [-0.25, -0.2) is 9.59 Å². The van der Waals surface area contributed by atoms with Crippen LogP contribution >= 0.6 is 22.6 Å². The monoisotopic (exact) mass is 668 g/mol. The van der Waals surface area contributed by atoms with E-state index in [1.54, 1.807) is 6.07 Å². The molecule has 0 spiro atoms. The first-order valence-electron chi connectivity index (χ1n) is 14.4. The molecule has 1 saturated heterocycles. The second-order valence-electron chi connectivity index (χ2n) is 12.9. The lowest BCUT2D eigenvalue weighted by Crippen LogP contribution is -2.25. The molecule has 2 aliphatic heterocycles. The molecule has 0 radical (unpaired) electrons. The number of esters is 4. The lowest BCUT2D eigenvalue weighted by molar-refractivity contribution is -0.156. The van der Waals surface area contributed by atoms with Gasteiger partial charge >= 0.3 is 23.9 Å². The molecule has 5 atom stereocenters. The Balaban J connectivity index is 1.46. The van der Waals surface area contributed by atoms with Gasteiger partial charge in [0.25, 0.3) is 0 Å². The molecule has 3 aliphatic carbocycles. The van der Waals surface area contributed by atoms with Crippen molar-refractivity contribution in [3.8, 4) is 0 Å². The normalized spacial score (nSPS) is 27.3. The van der Waals surface area contributed by atoms with Crippen molar-refractivity contribution in [3.63, 3.8) is 0 Å². The average Bonchev–Trinajstić information content (AvgIpc) is 3.53. The maximum atomic E-state index is 13.3. The highest BCUT2D eigenvalue weighted by molar-refractivity contribution is 14.1. The van der Waals surface area contributed by atoms with Gasteiger partial charge in [-0.15, -0.1) is 0 Å². The van der Waals surface area contributed by atoms with Crippen LogP contribution in [0.2, 0.25) is 0 Å². The molecule has 0 aromatic heterocycles. The molecule has 9 rings (SSSR count). The SMILES string of the molecule is Cc1cc2c3c(ccc4c3c1Cc1ccc3c5c(cc(C)c(c15)[C@H]4[C@H](C)[C@H](C)I)C(=O)OC3=O)C13CC21C(=O)OC3=O. The van der Waals surface area contributed by atoms with E-state index < -0.39 is 34.7 Å². The van der Waals surface area contributed by atoms with Gasteiger partial charge < -0.3 is 9.47 Å². The molecular formula is C35H25IO6. The summed E-state index contributed by atoms with van der Waals surface area (Å²) in [6, 6.07) is 12.0. The number of halogens is 1. The van der Waals surface area contributed by atoms with E-state index in [1.807, 2.05) is 19.1 Å². The van der Waals surface area contributed by atoms with Crippen LogP contribution in [0.15, 0.2) is 36.4 Å². The standard InChI is InChI=1S/C35H25IO6/c1-13-10-23-29-22(34-12-35(23,34)33(40)42-32(34)39)8-7-18-25(15(3)16(4)36)24-14(2)9-21-28-19(30(37)41-31(21)38)6-5-17(26(24)28)11-20(13)27(18)29/h5-10,15-16,25H,11-12H2,1-4H3/t15-,16+,25+,34?,35?/m1/s1. The van der Waals surface area contributed by atoms with E-state index in [0.717, 1.165) is 60.7 Å². The Kier molecular flexibility index (Phi) is 4.45. The van der Waals surface area contributed by atoms with Gasteiger partial charge in [0.15, 0.2) is 0 Å². The quantitative estimate of drug-likeness (QED) is 0.107. The van der Waals surface area contributed by atoms with Crippen molar-refractivity contribution in [2.75, 3.05) is 0 Å². The van der Waals surface area contributed by atoms with Crippen molar-refractivity contribution in [1.82, 2.24) is 0 Å². The van der Waals surface area contributed by atoms with Crippen LogP contribution in [0.3, 0.4) is 0 Å². The number of alkyl halides is 1. The second-order valence-corrected chi connectivity index (χ2v) is 14.8. The van der Waals surface area contributed by atoms with Gasteiger partial charge in [0.2, 0.25) is 0 Å². The number of carbonyl (C=O) groups is 4. The van der Waals surface area contributed by atoms with Crippen molar-refractivity contribution < 1.29 is 28.7 Å². The number of rotatable bonds is 2. The van der Waals surface area contributed by atoms with Gasteiger partial charge in [-0.3, -0.25) is 9.59 Å². The smallest absolute Gasteiger partial charge is 0.346 e. The predicted molar refractivity (Wildman–Crippen MR) is 163 cm³/mol. The molecule has 0 amide bonds. The number of hydrogen-bond donors (Lipinski definition) is 0. The van der Waals surface area contributed by atoms with E-state index in [2.05, 4.69) is 61.6 Å². The number of carbonyl (C=O) groups excluding carboxylic acids is 4. The summed E-state index contributed by atoms with van der Waals surface area (Å²) in [7, 11) is 0. The van der Waals surface area contributed by atoms with E-state index in [-0.39, 0.29) is 11.8 Å². The van der Waals surface area contributed by atoms with E-state index in [1.165, 1.54) is 0 Å². The molecule has 2 fully saturated rings. The maximum Gasteiger partial charge on any atom is 0.346 e.